The van der Waals surface area contributed by atoms with Crippen LogP contribution in [0, 0.1) is 6.92 Å². The first-order chi connectivity index (χ1) is 7.78. The molecule has 0 saturated carbocycles. The Balaban J connectivity index is 2.24. The van der Waals surface area contributed by atoms with Gasteiger partial charge in [0.15, 0.2) is 0 Å². The monoisotopic (exact) mass is 233 g/mol. The fourth-order valence-corrected chi connectivity index (χ4v) is 1.96. The van der Waals surface area contributed by atoms with Gasteiger partial charge in [0.25, 0.3) is 0 Å². The van der Waals surface area contributed by atoms with Crippen LogP contribution in [0.4, 0.5) is 5.82 Å². The summed E-state index contributed by atoms with van der Waals surface area (Å²) >= 11 is 1.47. The number of aryl methyl sites for hydroxylation is 1. The fourth-order valence-electron chi connectivity index (χ4n) is 1.17. The van der Waals surface area contributed by atoms with E-state index in [0.29, 0.717) is 0 Å². The quantitative estimate of drug-likeness (QED) is 0.815. The third kappa shape index (κ3) is 2.66. The van der Waals surface area contributed by atoms with Gasteiger partial charge in [-0.25, -0.2) is 15.0 Å². The Hall–Kier alpha value is -1.69. The minimum absolute atomic E-state index is 0.734. The molecular weight excluding hydrogens is 222 g/mol. The van der Waals surface area contributed by atoms with Crippen molar-refractivity contribution in [2.75, 3.05) is 12.4 Å². The van der Waals surface area contributed by atoms with E-state index in [-0.39, 0.29) is 0 Å². The maximum atomic E-state index is 4.32. The second kappa shape index (κ2) is 4.89. The molecule has 0 aliphatic heterocycles. The molecule has 0 radical (unpaired) electrons. The van der Waals surface area contributed by atoms with Crippen LogP contribution in [0.1, 0.15) is 5.82 Å². The van der Waals surface area contributed by atoms with Crippen molar-refractivity contribution in [1.29, 1.82) is 0 Å². The molecule has 0 unspecified atom stereocenters. The molecule has 2 heterocycles. The van der Waals surface area contributed by atoms with Crippen LogP contribution >= 0.6 is 11.8 Å². The SMILES string of the molecule is CNc1cc(Sc2cnccn2)nc(C)n1. The normalized spacial score (nSPS) is 10.1. The Bertz CT molecular complexity index is 474. The first-order valence-corrected chi connectivity index (χ1v) is 5.57. The molecule has 1 N–H and O–H groups in total. The molecule has 0 aliphatic rings. The van der Waals surface area contributed by atoms with Gasteiger partial charge in [0.05, 0.1) is 6.20 Å². The minimum atomic E-state index is 0.734. The standard InChI is InChI=1S/C10H11N5S/c1-7-14-8(11-2)5-9(15-7)16-10-6-12-3-4-13-10/h3-6H,1-2H3,(H,11,14,15). The Kier molecular flexibility index (Phi) is 3.31. The van der Waals surface area contributed by atoms with Crippen LogP contribution in [0.25, 0.3) is 0 Å². The second-order valence-electron chi connectivity index (χ2n) is 3.03. The highest BCUT2D eigenvalue weighted by Crippen LogP contribution is 2.24. The van der Waals surface area contributed by atoms with E-state index < -0.39 is 0 Å². The number of rotatable bonds is 3. The summed E-state index contributed by atoms with van der Waals surface area (Å²) in [7, 11) is 1.83. The average Bonchev–Trinajstić information content (AvgIpc) is 2.29. The van der Waals surface area contributed by atoms with E-state index in [4.69, 9.17) is 0 Å². The van der Waals surface area contributed by atoms with Gasteiger partial charge in [0.1, 0.15) is 21.7 Å². The Morgan fingerprint density at radius 2 is 2.06 bits per heavy atom. The van der Waals surface area contributed by atoms with E-state index in [1.54, 1.807) is 18.6 Å². The van der Waals surface area contributed by atoms with Crippen LogP contribution < -0.4 is 5.32 Å². The molecule has 2 rings (SSSR count). The van der Waals surface area contributed by atoms with Crippen molar-refractivity contribution in [3.63, 3.8) is 0 Å². The molecular formula is C10H11N5S. The molecule has 0 atom stereocenters. The number of hydrogen-bond acceptors (Lipinski definition) is 6. The minimum Gasteiger partial charge on any atom is -0.373 e. The molecule has 82 valence electrons. The zero-order valence-corrected chi connectivity index (χ0v) is 9.82. The number of hydrogen-bond donors (Lipinski definition) is 1. The van der Waals surface area contributed by atoms with Crippen LogP contribution in [0.2, 0.25) is 0 Å². The van der Waals surface area contributed by atoms with Gasteiger partial charge in [-0.1, -0.05) is 0 Å². The lowest BCUT2D eigenvalue weighted by Crippen LogP contribution is -1.97. The van der Waals surface area contributed by atoms with Gasteiger partial charge in [-0.2, -0.15) is 0 Å². The van der Waals surface area contributed by atoms with Crippen LogP contribution in [0.3, 0.4) is 0 Å². The lowest BCUT2D eigenvalue weighted by molar-refractivity contribution is 0.962. The van der Waals surface area contributed by atoms with Gasteiger partial charge in [0.2, 0.25) is 0 Å². The summed E-state index contributed by atoms with van der Waals surface area (Å²) in [4.78, 5) is 16.7. The molecule has 0 bridgehead atoms. The molecule has 6 heteroatoms. The molecule has 0 aliphatic carbocycles. The van der Waals surface area contributed by atoms with Crippen LogP contribution in [0.5, 0.6) is 0 Å². The highest BCUT2D eigenvalue weighted by atomic mass is 32.2. The van der Waals surface area contributed by atoms with Gasteiger partial charge in [-0.05, 0) is 18.7 Å². The zero-order chi connectivity index (χ0) is 11.4. The Morgan fingerprint density at radius 1 is 1.19 bits per heavy atom. The second-order valence-corrected chi connectivity index (χ2v) is 4.08. The van der Waals surface area contributed by atoms with Crippen molar-refractivity contribution < 1.29 is 0 Å². The summed E-state index contributed by atoms with van der Waals surface area (Å²) in [5.41, 5.74) is 0. The average molecular weight is 233 g/mol. The first-order valence-electron chi connectivity index (χ1n) is 4.75. The van der Waals surface area contributed by atoms with Crippen LogP contribution in [-0.2, 0) is 0 Å². The molecule has 2 aromatic rings. The Labute approximate surface area is 97.8 Å². The van der Waals surface area contributed by atoms with Crippen LogP contribution in [0.15, 0.2) is 34.7 Å². The third-order valence-corrected chi connectivity index (χ3v) is 2.66. The lowest BCUT2D eigenvalue weighted by Gasteiger charge is -2.04. The van der Waals surface area contributed by atoms with Crippen molar-refractivity contribution in [1.82, 2.24) is 19.9 Å². The molecule has 0 saturated heterocycles. The maximum Gasteiger partial charge on any atom is 0.130 e. The van der Waals surface area contributed by atoms with E-state index in [2.05, 4.69) is 25.3 Å². The first kappa shape index (κ1) is 10.8. The fraction of sp³-hybridized carbons (Fsp3) is 0.200. The van der Waals surface area contributed by atoms with E-state index in [1.165, 1.54) is 11.8 Å². The lowest BCUT2D eigenvalue weighted by atomic mass is 10.5. The number of nitrogens with zero attached hydrogens (tertiary/aromatic N) is 4. The molecule has 0 amide bonds. The van der Waals surface area contributed by atoms with E-state index in [0.717, 1.165) is 21.7 Å². The van der Waals surface area contributed by atoms with Gasteiger partial charge in [-0.15, -0.1) is 0 Å². The predicted molar refractivity (Wildman–Crippen MR) is 62.5 cm³/mol. The third-order valence-electron chi connectivity index (χ3n) is 1.82. The van der Waals surface area contributed by atoms with Crippen molar-refractivity contribution in [2.24, 2.45) is 0 Å². The summed E-state index contributed by atoms with van der Waals surface area (Å²) in [6, 6.07) is 1.88. The molecule has 0 spiro atoms. The number of anilines is 1. The van der Waals surface area contributed by atoms with Gasteiger partial charge < -0.3 is 5.32 Å². The molecule has 5 nitrogen and oxygen atoms in total. The van der Waals surface area contributed by atoms with Gasteiger partial charge >= 0.3 is 0 Å². The molecule has 0 fully saturated rings. The van der Waals surface area contributed by atoms with E-state index in [1.807, 2.05) is 20.0 Å². The van der Waals surface area contributed by atoms with Crippen molar-refractivity contribution >= 4 is 17.6 Å². The van der Waals surface area contributed by atoms with Crippen LogP contribution in [-0.4, -0.2) is 27.0 Å². The molecule has 16 heavy (non-hydrogen) atoms. The largest absolute Gasteiger partial charge is 0.373 e. The Morgan fingerprint density at radius 3 is 2.75 bits per heavy atom. The summed E-state index contributed by atoms with van der Waals surface area (Å²) in [5.74, 6) is 1.54. The smallest absolute Gasteiger partial charge is 0.130 e. The number of nitrogens with one attached hydrogen (secondary N) is 1. The number of aromatic nitrogens is 4. The van der Waals surface area contributed by atoms with E-state index in [9.17, 15) is 0 Å². The summed E-state index contributed by atoms with van der Waals surface area (Å²) in [5, 5.41) is 4.67. The summed E-state index contributed by atoms with van der Waals surface area (Å²) < 4.78 is 0. The topological polar surface area (TPSA) is 63.6 Å². The van der Waals surface area contributed by atoms with Crippen molar-refractivity contribution in [3.05, 3.63) is 30.5 Å². The summed E-state index contributed by atoms with van der Waals surface area (Å²) in [6.07, 6.45) is 5.02. The van der Waals surface area contributed by atoms with E-state index >= 15 is 0 Å². The molecule has 2 aromatic heterocycles. The highest BCUT2D eigenvalue weighted by Gasteiger charge is 2.03. The highest BCUT2D eigenvalue weighted by molar-refractivity contribution is 7.99. The van der Waals surface area contributed by atoms with Crippen molar-refractivity contribution in [3.8, 4) is 0 Å². The zero-order valence-electron chi connectivity index (χ0n) is 9.01. The summed E-state index contributed by atoms with van der Waals surface area (Å²) in [6.45, 7) is 1.86. The predicted octanol–water partition coefficient (Wildman–Crippen LogP) is 1.77. The van der Waals surface area contributed by atoms with Gasteiger partial charge in [-0.3, -0.25) is 4.98 Å². The van der Waals surface area contributed by atoms with Gasteiger partial charge in [0, 0.05) is 25.5 Å². The van der Waals surface area contributed by atoms with Crippen molar-refractivity contribution in [2.45, 2.75) is 17.0 Å². The molecule has 0 aromatic carbocycles. The maximum absolute atomic E-state index is 4.32.